The Morgan fingerprint density at radius 3 is 2.30 bits per heavy atom. The minimum absolute atomic E-state index is 0.0388. The van der Waals surface area contributed by atoms with E-state index in [2.05, 4.69) is 4.72 Å². The second-order valence-corrected chi connectivity index (χ2v) is 7.17. The number of methoxy groups -OCH3 is 1. The first-order valence-corrected chi connectivity index (χ1v) is 9.17. The number of sulfonamides is 1. The van der Waals surface area contributed by atoms with Gasteiger partial charge in [0.1, 0.15) is 17.2 Å². The number of alkyl halides is 3. The Hall–Kier alpha value is -2.75. The van der Waals surface area contributed by atoms with Gasteiger partial charge < -0.3 is 10.1 Å². The highest BCUT2D eigenvalue weighted by Crippen LogP contribution is 2.25. The lowest BCUT2D eigenvalue weighted by Gasteiger charge is -2.12. The van der Waals surface area contributed by atoms with Crippen molar-refractivity contribution < 1.29 is 31.1 Å². The maximum atomic E-state index is 12.5. The van der Waals surface area contributed by atoms with Crippen LogP contribution in [0.15, 0.2) is 53.4 Å². The first kappa shape index (κ1) is 20.6. The molecule has 0 saturated carbocycles. The van der Waals surface area contributed by atoms with Crippen molar-refractivity contribution in [3.8, 4) is 5.75 Å². The number of carbonyl (C=O) groups excluding carboxylic acids is 1. The molecule has 2 rings (SSSR count). The molecule has 146 valence electrons. The average Bonchev–Trinajstić information content (AvgIpc) is 2.61. The van der Waals surface area contributed by atoms with Crippen molar-refractivity contribution in [1.29, 1.82) is 0 Å². The fourth-order valence-corrected chi connectivity index (χ4v) is 3.42. The lowest BCUT2D eigenvalue weighted by molar-refractivity contribution is -0.138. The van der Waals surface area contributed by atoms with Gasteiger partial charge in [-0.1, -0.05) is 24.3 Å². The van der Waals surface area contributed by atoms with E-state index in [-0.39, 0.29) is 22.8 Å². The van der Waals surface area contributed by atoms with Crippen LogP contribution in [-0.4, -0.2) is 34.2 Å². The third kappa shape index (κ3) is 6.17. The molecule has 1 amide bonds. The molecular formula is C17H17F3N2O4S. The van der Waals surface area contributed by atoms with Gasteiger partial charge in [-0.3, -0.25) is 9.52 Å². The predicted molar refractivity (Wildman–Crippen MR) is 93.0 cm³/mol. The summed E-state index contributed by atoms with van der Waals surface area (Å²) in [5.41, 5.74) is 0.676. The van der Waals surface area contributed by atoms with E-state index in [1.807, 2.05) is 0 Å². The minimum atomic E-state index is -4.48. The maximum Gasteiger partial charge on any atom is 0.405 e. The van der Waals surface area contributed by atoms with Crippen molar-refractivity contribution in [3.05, 3.63) is 54.1 Å². The summed E-state index contributed by atoms with van der Waals surface area (Å²) in [7, 11) is -2.54. The molecule has 0 radical (unpaired) electrons. The van der Waals surface area contributed by atoms with Crippen LogP contribution in [0.3, 0.4) is 0 Å². The normalized spacial score (nSPS) is 11.7. The Balaban J connectivity index is 2.04. The molecule has 0 aromatic heterocycles. The standard InChI is InChI=1S/C17H17F3N2O4S/c1-26-14-4-2-3-5-15(14)27(24,25)22-13-8-6-12(7-9-13)10-16(23)21-11-17(18,19)20/h2-9,22H,10-11H2,1H3,(H,21,23). The monoisotopic (exact) mass is 402 g/mol. The Morgan fingerprint density at radius 2 is 1.70 bits per heavy atom. The summed E-state index contributed by atoms with van der Waals surface area (Å²) in [5, 5.41) is 1.77. The lowest BCUT2D eigenvalue weighted by Crippen LogP contribution is -2.34. The van der Waals surface area contributed by atoms with Crippen LogP contribution < -0.4 is 14.8 Å². The molecule has 0 unspecified atom stereocenters. The molecule has 0 aliphatic carbocycles. The van der Waals surface area contributed by atoms with Gasteiger partial charge in [-0.05, 0) is 29.8 Å². The first-order chi connectivity index (χ1) is 12.6. The van der Waals surface area contributed by atoms with Crippen molar-refractivity contribution >= 4 is 21.6 Å². The molecule has 0 aliphatic heterocycles. The lowest BCUT2D eigenvalue weighted by atomic mass is 10.1. The number of anilines is 1. The Bertz CT molecular complexity index is 897. The molecule has 27 heavy (non-hydrogen) atoms. The molecule has 10 heteroatoms. The molecule has 6 nitrogen and oxygen atoms in total. The van der Waals surface area contributed by atoms with Crippen molar-refractivity contribution in [2.75, 3.05) is 18.4 Å². The van der Waals surface area contributed by atoms with E-state index in [0.717, 1.165) is 0 Å². The summed E-state index contributed by atoms with van der Waals surface area (Å²) in [6.07, 6.45) is -4.73. The number of hydrogen-bond donors (Lipinski definition) is 2. The Morgan fingerprint density at radius 1 is 1.07 bits per heavy atom. The summed E-state index contributed by atoms with van der Waals surface area (Å²) in [4.78, 5) is 11.5. The average molecular weight is 402 g/mol. The van der Waals surface area contributed by atoms with Gasteiger partial charge in [0.05, 0.1) is 13.5 Å². The quantitative estimate of drug-likeness (QED) is 0.746. The summed E-state index contributed by atoms with van der Waals surface area (Å²) < 4.78 is 68.5. The van der Waals surface area contributed by atoms with Crippen molar-refractivity contribution in [2.24, 2.45) is 0 Å². The summed E-state index contributed by atoms with van der Waals surface area (Å²) in [6, 6.07) is 11.8. The molecule has 0 heterocycles. The van der Waals surface area contributed by atoms with Gasteiger partial charge in [0.2, 0.25) is 5.91 Å². The number of rotatable bonds is 7. The highest BCUT2D eigenvalue weighted by Gasteiger charge is 2.27. The zero-order valence-electron chi connectivity index (χ0n) is 14.2. The summed E-state index contributed by atoms with van der Waals surface area (Å²) >= 11 is 0. The smallest absolute Gasteiger partial charge is 0.405 e. The zero-order chi connectivity index (χ0) is 20.1. The van der Waals surface area contributed by atoms with Gasteiger partial charge >= 0.3 is 6.18 Å². The number of hydrogen-bond acceptors (Lipinski definition) is 4. The van der Waals surface area contributed by atoms with E-state index in [1.165, 1.54) is 43.5 Å². The van der Waals surface area contributed by atoms with Crippen molar-refractivity contribution in [1.82, 2.24) is 5.32 Å². The number of carbonyl (C=O) groups is 1. The molecule has 0 saturated heterocycles. The van der Waals surface area contributed by atoms with Crippen LogP contribution in [-0.2, 0) is 21.2 Å². The molecule has 0 bridgehead atoms. The van der Waals surface area contributed by atoms with E-state index >= 15 is 0 Å². The molecular weight excluding hydrogens is 385 g/mol. The van der Waals surface area contributed by atoms with E-state index in [4.69, 9.17) is 4.74 Å². The van der Waals surface area contributed by atoms with Crippen molar-refractivity contribution in [2.45, 2.75) is 17.5 Å². The number of para-hydroxylation sites is 1. The van der Waals surface area contributed by atoms with E-state index in [1.54, 1.807) is 17.4 Å². The highest BCUT2D eigenvalue weighted by molar-refractivity contribution is 7.92. The minimum Gasteiger partial charge on any atom is -0.495 e. The van der Waals surface area contributed by atoms with Crippen LogP contribution in [0.4, 0.5) is 18.9 Å². The van der Waals surface area contributed by atoms with Gasteiger partial charge in [0, 0.05) is 5.69 Å². The molecule has 0 aliphatic rings. The van der Waals surface area contributed by atoms with Crippen molar-refractivity contribution in [3.63, 3.8) is 0 Å². The second kappa shape index (κ2) is 8.30. The largest absolute Gasteiger partial charge is 0.495 e. The number of halogens is 3. The van der Waals surface area contributed by atoms with Crippen LogP contribution in [0, 0.1) is 0 Å². The third-order valence-electron chi connectivity index (χ3n) is 3.42. The maximum absolute atomic E-state index is 12.5. The number of ether oxygens (including phenoxy) is 1. The van der Waals surface area contributed by atoms with Crippen LogP contribution in [0.2, 0.25) is 0 Å². The molecule has 0 spiro atoms. The van der Waals surface area contributed by atoms with Crippen LogP contribution in [0.1, 0.15) is 5.56 Å². The van der Waals surface area contributed by atoms with E-state index in [9.17, 15) is 26.4 Å². The van der Waals surface area contributed by atoms with E-state index < -0.39 is 28.7 Å². The van der Waals surface area contributed by atoms with E-state index in [0.29, 0.717) is 5.56 Å². The molecule has 2 aromatic rings. The Labute approximate surface area is 154 Å². The summed E-state index contributed by atoms with van der Waals surface area (Å²) in [6.45, 7) is -1.40. The highest BCUT2D eigenvalue weighted by atomic mass is 32.2. The Kier molecular flexibility index (Phi) is 6.32. The molecule has 0 atom stereocenters. The van der Waals surface area contributed by atoms with Crippen LogP contribution in [0.5, 0.6) is 5.75 Å². The van der Waals surface area contributed by atoms with Gasteiger partial charge in [-0.2, -0.15) is 13.2 Å². The zero-order valence-corrected chi connectivity index (χ0v) is 15.0. The fourth-order valence-electron chi connectivity index (χ4n) is 2.19. The van der Waals surface area contributed by atoms with Gasteiger partial charge in [-0.15, -0.1) is 0 Å². The second-order valence-electron chi connectivity index (χ2n) is 5.52. The predicted octanol–water partition coefficient (Wildman–Crippen LogP) is 2.72. The van der Waals surface area contributed by atoms with Crippen LogP contribution >= 0.6 is 0 Å². The van der Waals surface area contributed by atoms with Gasteiger partial charge in [0.25, 0.3) is 10.0 Å². The molecule has 2 N–H and O–H groups in total. The SMILES string of the molecule is COc1ccccc1S(=O)(=O)Nc1ccc(CC(=O)NCC(F)(F)F)cc1. The van der Waals surface area contributed by atoms with Gasteiger partial charge in [-0.25, -0.2) is 8.42 Å². The summed E-state index contributed by atoms with van der Waals surface area (Å²) in [5.74, 6) is -0.599. The van der Waals surface area contributed by atoms with Gasteiger partial charge in [0.15, 0.2) is 0 Å². The first-order valence-electron chi connectivity index (χ1n) is 7.69. The topological polar surface area (TPSA) is 84.5 Å². The third-order valence-corrected chi connectivity index (χ3v) is 4.84. The fraction of sp³-hybridized carbons (Fsp3) is 0.235. The number of benzene rings is 2. The molecule has 0 fully saturated rings. The van der Waals surface area contributed by atoms with Crippen LogP contribution in [0.25, 0.3) is 0 Å². The number of amides is 1. The number of nitrogens with one attached hydrogen (secondary N) is 2. The molecule has 2 aromatic carbocycles.